The number of hydrogen-bond donors (Lipinski definition) is 2. The van der Waals surface area contributed by atoms with Gasteiger partial charge in [0, 0.05) is 0 Å². The highest BCUT2D eigenvalue weighted by Gasteiger charge is 2.38. The number of aliphatic hydroxyl groups excluding tert-OH is 2. The summed E-state index contributed by atoms with van der Waals surface area (Å²) in [4.78, 5) is 0. The highest BCUT2D eigenvalue weighted by atomic mass is 16.3. The molecular formula is C10H18O2. The lowest BCUT2D eigenvalue weighted by Crippen LogP contribution is -2.43. The quantitative estimate of drug-likeness (QED) is 0.575. The summed E-state index contributed by atoms with van der Waals surface area (Å²) < 4.78 is 0. The minimum absolute atomic E-state index is 0.405. The van der Waals surface area contributed by atoms with Gasteiger partial charge in [-0.05, 0) is 31.1 Å². The fourth-order valence-corrected chi connectivity index (χ4v) is 2.89. The topological polar surface area (TPSA) is 40.5 Å². The third-order valence-corrected chi connectivity index (χ3v) is 3.63. The second-order valence-electron chi connectivity index (χ2n) is 4.34. The van der Waals surface area contributed by atoms with Crippen LogP contribution in [0.3, 0.4) is 0 Å². The van der Waals surface area contributed by atoms with Gasteiger partial charge in [0.15, 0.2) is 0 Å². The lowest BCUT2D eigenvalue weighted by molar-refractivity contribution is -0.0785. The van der Waals surface area contributed by atoms with E-state index in [1.165, 1.54) is 19.3 Å². The molecule has 2 aliphatic carbocycles. The van der Waals surface area contributed by atoms with Crippen LogP contribution in [0.15, 0.2) is 0 Å². The van der Waals surface area contributed by atoms with Crippen molar-refractivity contribution in [2.75, 3.05) is 0 Å². The summed E-state index contributed by atoms with van der Waals surface area (Å²) in [6, 6.07) is 0. The molecule has 0 heterocycles. The van der Waals surface area contributed by atoms with Crippen LogP contribution in [0.25, 0.3) is 0 Å². The summed E-state index contributed by atoms with van der Waals surface area (Å²) in [6.45, 7) is 0. The monoisotopic (exact) mass is 170 g/mol. The largest absolute Gasteiger partial charge is 0.390 e. The van der Waals surface area contributed by atoms with Crippen molar-refractivity contribution in [1.82, 2.24) is 0 Å². The van der Waals surface area contributed by atoms with E-state index in [1.54, 1.807) is 0 Å². The summed E-state index contributed by atoms with van der Waals surface area (Å²) in [5.41, 5.74) is 0. The van der Waals surface area contributed by atoms with Crippen LogP contribution in [0.5, 0.6) is 0 Å². The maximum atomic E-state index is 9.72. The van der Waals surface area contributed by atoms with Crippen LogP contribution in [0.2, 0.25) is 0 Å². The molecule has 0 aromatic carbocycles. The molecule has 12 heavy (non-hydrogen) atoms. The van der Waals surface area contributed by atoms with E-state index < -0.39 is 12.2 Å². The van der Waals surface area contributed by atoms with E-state index in [1.807, 2.05) is 0 Å². The SMILES string of the molecule is O[C@H]1[C@@H]2CCCC[C@H]2CC[C@@H]1O. The molecule has 2 fully saturated rings. The Morgan fingerprint density at radius 2 is 1.58 bits per heavy atom. The van der Waals surface area contributed by atoms with E-state index in [9.17, 15) is 10.2 Å². The Kier molecular flexibility index (Phi) is 2.37. The van der Waals surface area contributed by atoms with Crippen molar-refractivity contribution in [3.8, 4) is 0 Å². The average molecular weight is 170 g/mol. The zero-order valence-corrected chi connectivity index (χ0v) is 7.45. The molecule has 4 atom stereocenters. The van der Waals surface area contributed by atoms with E-state index in [4.69, 9.17) is 0 Å². The van der Waals surface area contributed by atoms with Crippen LogP contribution < -0.4 is 0 Å². The highest BCUT2D eigenvalue weighted by molar-refractivity contribution is 4.89. The van der Waals surface area contributed by atoms with Crippen molar-refractivity contribution in [3.05, 3.63) is 0 Å². The molecule has 0 radical (unpaired) electrons. The smallest absolute Gasteiger partial charge is 0.0829 e. The summed E-state index contributed by atoms with van der Waals surface area (Å²) in [5.74, 6) is 1.11. The van der Waals surface area contributed by atoms with E-state index in [0.717, 1.165) is 19.3 Å². The van der Waals surface area contributed by atoms with Gasteiger partial charge in [0.2, 0.25) is 0 Å². The Bertz CT molecular complexity index is 156. The van der Waals surface area contributed by atoms with Gasteiger partial charge < -0.3 is 10.2 Å². The van der Waals surface area contributed by atoms with Gasteiger partial charge >= 0.3 is 0 Å². The van der Waals surface area contributed by atoms with Crippen LogP contribution in [0.4, 0.5) is 0 Å². The van der Waals surface area contributed by atoms with Crippen LogP contribution in [0.1, 0.15) is 38.5 Å². The Morgan fingerprint density at radius 3 is 2.42 bits per heavy atom. The zero-order chi connectivity index (χ0) is 8.55. The fraction of sp³-hybridized carbons (Fsp3) is 1.00. The van der Waals surface area contributed by atoms with Gasteiger partial charge in [-0.3, -0.25) is 0 Å². The molecule has 2 aliphatic rings. The lowest BCUT2D eigenvalue weighted by Gasteiger charge is -2.41. The number of hydrogen-bond acceptors (Lipinski definition) is 2. The predicted octanol–water partition coefficient (Wildman–Crippen LogP) is 1.31. The first-order valence-electron chi connectivity index (χ1n) is 5.15. The summed E-state index contributed by atoms with van der Waals surface area (Å²) in [6.07, 6.45) is 6.03. The van der Waals surface area contributed by atoms with Gasteiger partial charge in [-0.25, -0.2) is 0 Å². The molecule has 2 N–H and O–H groups in total. The molecule has 0 spiro atoms. The molecule has 0 bridgehead atoms. The number of aliphatic hydroxyl groups is 2. The number of rotatable bonds is 0. The second kappa shape index (κ2) is 3.35. The Balaban J connectivity index is 2.03. The predicted molar refractivity (Wildman–Crippen MR) is 46.7 cm³/mol. The molecule has 2 nitrogen and oxygen atoms in total. The van der Waals surface area contributed by atoms with Gasteiger partial charge in [-0.2, -0.15) is 0 Å². The minimum atomic E-state index is -0.440. The Labute approximate surface area is 73.6 Å². The Hall–Kier alpha value is -0.0800. The molecule has 0 aromatic rings. The van der Waals surface area contributed by atoms with Crippen LogP contribution >= 0.6 is 0 Å². The molecule has 0 aromatic heterocycles. The first-order valence-corrected chi connectivity index (χ1v) is 5.15. The van der Waals surface area contributed by atoms with E-state index in [2.05, 4.69) is 0 Å². The van der Waals surface area contributed by atoms with Crippen molar-refractivity contribution in [2.45, 2.75) is 50.7 Å². The van der Waals surface area contributed by atoms with Crippen LogP contribution in [0, 0.1) is 11.8 Å². The molecule has 2 heteroatoms. The maximum Gasteiger partial charge on any atom is 0.0829 e. The second-order valence-corrected chi connectivity index (χ2v) is 4.34. The zero-order valence-electron chi connectivity index (χ0n) is 7.45. The minimum Gasteiger partial charge on any atom is -0.390 e. The lowest BCUT2D eigenvalue weighted by atomic mass is 9.68. The molecule has 0 unspecified atom stereocenters. The molecule has 2 rings (SSSR count). The van der Waals surface area contributed by atoms with E-state index >= 15 is 0 Å². The number of fused-ring (bicyclic) bond motifs is 1. The van der Waals surface area contributed by atoms with Gasteiger partial charge in [0.25, 0.3) is 0 Å². The summed E-state index contributed by atoms with van der Waals surface area (Å²) in [7, 11) is 0. The summed E-state index contributed by atoms with van der Waals surface area (Å²) >= 11 is 0. The van der Waals surface area contributed by atoms with E-state index in [0.29, 0.717) is 11.8 Å². The van der Waals surface area contributed by atoms with E-state index in [-0.39, 0.29) is 0 Å². The van der Waals surface area contributed by atoms with Gasteiger partial charge in [-0.1, -0.05) is 19.3 Å². The van der Waals surface area contributed by atoms with Crippen molar-refractivity contribution in [2.24, 2.45) is 11.8 Å². The van der Waals surface area contributed by atoms with Crippen LogP contribution in [-0.4, -0.2) is 22.4 Å². The molecule has 70 valence electrons. The van der Waals surface area contributed by atoms with Gasteiger partial charge in [0.05, 0.1) is 12.2 Å². The van der Waals surface area contributed by atoms with Crippen LogP contribution in [-0.2, 0) is 0 Å². The summed E-state index contributed by atoms with van der Waals surface area (Å²) in [5, 5.41) is 19.2. The third kappa shape index (κ3) is 1.38. The molecule has 0 aliphatic heterocycles. The standard InChI is InChI=1S/C10H18O2/c11-9-6-5-7-3-1-2-4-8(7)10(9)12/h7-12H,1-6H2/t7-,8+,9-,10-/m0/s1. The first kappa shape index (κ1) is 8.52. The fourth-order valence-electron chi connectivity index (χ4n) is 2.89. The van der Waals surface area contributed by atoms with Crippen molar-refractivity contribution in [1.29, 1.82) is 0 Å². The molecule has 0 saturated heterocycles. The van der Waals surface area contributed by atoms with Crippen molar-refractivity contribution >= 4 is 0 Å². The van der Waals surface area contributed by atoms with Crippen molar-refractivity contribution < 1.29 is 10.2 Å². The maximum absolute atomic E-state index is 9.72. The van der Waals surface area contributed by atoms with Gasteiger partial charge in [-0.15, -0.1) is 0 Å². The molecular weight excluding hydrogens is 152 g/mol. The average Bonchev–Trinajstić information content (AvgIpc) is 2.12. The van der Waals surface area contributed by atoms with Crippen molar-refractivity contribution in [3.63, 3.8) is 0 Å². The molecule has 0 amide bonds. The highest BCUT2D eigenvalue weighted by Crippen LogP contribution is 2.40. The molecule has 2 saturated carbocycles. The normalized spacial score (nSPS) is 48.5. The third-order valence-electron chi connectivity index (χ3n) is 3.63. The van der Waals surface area contributed by atoms with Gasteiger partial charge in [0.1, 0.15) is 0 Å². The Morgan fingerprint density at radius 1 is 0.833 bits per heavy atom. The first-order chi connectivity index (χ1) is 5.79.